The van der Waals surface area contributed by atoms with Crippen LogP contribution in [0.1, 0.15) is 25.8 Å². The Labute approximate surface area is 160 Å². The summed E-state index contributed by atoms with van der Waals surface area (Å²) in [5, 5.41) is 18.1. The Morgan fingerprint density at radius 1 is 1.26 bits per heavy atom. The summed E-state index contributed by atoms with van der Waals surface area (Å²) in [6.07, 6.45) is 4.18. The topological polar surface area (TPSA) is 103 Å². The van der Waals surface area contributed by atoms with Crippen molar-refractivity contribution in [1.29, 1.82) is 0 Å². The number of rotatable bonds is 9. The first kappa shape index (κ1) is 20.7. The molecule has 27 heavy (non-hydrogen) atoms. The molecule has 8 heteroatoms. The Kier molecular flexibility index (Phi) is 8.07. The van der Waals surface area contributed by atoms with Crippen molar-refractivity contribution in [1.82, 2.24) is 16.0 Å². The second-order valence-electron chi connectivity index (χ2n) is 7.01. The molecule has 144 valence electrons. The molecular weight excluding hydrogens is 343 g/mol. The van der Waals surface area contributed by atoms with E-state index in [0.717, 1.165) is 5.56 Å². The van der Waals surface area contributed by atoms with Crippen molar-refractivity contribution in [2.24, 2.45) is 10.9 Å². The van der Waals surface area contributed by atoms with Crippen LogP contribution in [-0.2, 0) is 16.0 Å². The largest absolute Gasteiger partial charge is 0.452 e. The Bertz CT molecular complexity index is 691. The van der Waals surface area contributed by atoms with Gasteiger partial charge in [0.15, 0.2) is 0 Å². The van der Waals surface area contributed by atoms with Crippen LogP contribution in [0, 0.1) is 5.92 Å². The highest BCUT2D eigenvalue weighted by molar-refractivity contribution is 6.40. The van der Waals surface area contributed by atoms with Crippen LogP contribution in [0.25, 0.3) is 0 Å². The number of aliphatic imine (C=N–C) groups is 1. The molecule has 1 aromatic rings. The number of benzene rings is 1. The molecule has 0 unspecified atom stereocenters. The predicted octanol–water partition coefficient (Wildman–Crippen LogP) is 0.0615. The van der Waals surface area contributed by atoms with Crippen LogP contribution in [0.4, 0.5) is 0 Å². The third-order valence-electron chi connectivity index (χ3n) is 4.18. The molecule has 0 bridgehead atoms. The van der Waals surface area contributed by atoms with Crippen molar-refractivity contribution in [2.75, 3.05) is 6.54 Å². The van der Waals surface area contributed by atoms with E-state index in [9.17, 15) is 14.6 Å². The minimum Gasteiger partial charge on any atom is -0.452 e. The number of nitrogens with one attached hydrogen (secondary N) is 3. The first-order chi connectivity index (χ1) is 13.0. The van der Waals surface area contributed by atoms with E-state index >= 15 is 0 Å². The number of carbonyl (C=O) groups is 2. The number of hydrogen-bond donors (Lipinski definition) is 4. The normalized spacial score (nSPS) is 15.3. The fourth-order valence-corrected chi connectivity index (χ4v) is 2.87. The molecule has 1 aliphatic heterocycles. The number of carbonyl (C=O) groups excluding carboxylic acids is 2. The van der Waals surface area contributed by atoms with Gasteiger partial charge in [-0.15, -0.1) is 0 Å². The van der Waals surface area contributed by atoms with Gasteiger partial charge >= 0.3 is 0 Å². The second-order valence-corrected chi connectivity index (χ2v) is 7.01. The van der Waals surface area contributed by atoms with Gasteiger partial charge in [0.2, 0.25) is 5.91 Å². The van der Waals surface area contributed by atoms with Crippen molar-refractivity contribution in [2.45, 2.75) is 38.7 Å². The number of amides is 2. The molecule has 0 aliphatic carbocycles. The Morgan fingerprint density at radius 3 is 2.59 bits per heavy atom. The lowest BCUT2D eigenvalue weighted by atomic mass is 9.82. The SMILES string of the molecule is CC(C)C[C@@H](BO)NC(=O)[C@H](Cc1ccccc1)NC(=O)C1=NC=CNC1. The van der Waals surface area contributed by atoms with Gasteiger partial charge in [0.25, 0.3) is 13.4 Å². The van der Waals surface area contributed by atoms with Crippen LogP contribution in [0.3, 0.4) is 0 Å². The summed E-state index contributed by atoms with van der Waals surface area (Å²) in [6, 6.07) is 8.74. The van der Waals surface area contributed by atoms with Gasteiger partial charge in [-0.25, -0.2) is 0 Å². The molecule has 2 amide bonds. The smallest absolute Gasteiger partial charge is 0.293 e. The van der Waals surface area contributed by atoms with Gasteiger partial charge in [-0.2, -0.15) is 0 Å². The van der Waals surface area contributed by atoms with Crippen LogP contribution in [0.2, 0.25) is 0 Å². The summed E-state index contributed by atoms with van der Waals surface area (Å²) in [6.45, 7) is 4.37. The molecule has 1 aliphatic rings. The monoisotopic (exact) mass is 370 g/mol. The Balaban J connectivity index is 2.10. The molecule has 1 aromatic carbocycles. The van der Waals surface area contributed by atoms with Gasteiger partial charge in [0, 0.05) is 24.8 Å². The fourth-order valence-electron chi connectivity index (χ4n) is 2.87. The quantitative estimate of drug-likeness (QED) is 0.462. The molecule has 0 aromatic heterocycles. The maximum atomic E-state index is 12.8. The van der Waals surface area contributed by atoms with E-state index in [1.165, 1.54) is 6.20 Å². The van der Waals surface area contributed by atoms with Crippen molar-refractivity contribution in [3.05, 3.63) is 48.3 Å². The molecule has 0 saturated carbocycles. The first-order valence-corrected chi connectivity index (χ1v) is 9.20. The summed E-state index contributed by atoms with van der Waals surface area (Å²) < 4.78 is 0. The maximum absolute atomic E-state index is 12.8. The van der Waals surface area contributed by atoms with Crippen molar-refractivity contribution in [3.63, 3.8) is 0 Å². The lowest BCUT2D eigenvalue weighted by Gasteiger charge is -2.23. The standard InChI is InChI=1S/C19H27BN4O3/c1-13(2)10-17(20-27)24-18(25)15(11-14-6-4-3-5-7-14)23-19(26)16-12-21-8-9-22-16/h3-9,13,15,17,20-21,27H,10-12H2,1-2H3,(H,23,26)(H,24,25)/t15-,17-/m0/s1. The van der Waals surface area contributed by atoms with Gasteiger partial charge in [-0.05, 0) is 17.9 Å². The molecule has 0 radical (unpaired) electrons. The van der Waals surface area contributed by atoms with E-state index in [1.54, 1.807) is 6.20 Å². The third kappa shape index (κ3) is 6.90. The number of hydrogen-bond acceptors (Lipinski definition) is 5. The predicted molar refractivity (Wildman–Crippen MR) is 107 cm³/mol. The minimum absolute atomic E-state index is 0.142. The highest BCUT2D eigenvalue weighted by Gasteiger charge is 2.26. The Hall–Kier alpha value is -2.61. The second kappa shape index (κ2) is 10.5. The summed E-state index contributed by atoms with van der Waals surface area (Å²) in [5.41, 5.74) is 1.26. The van der Waals surface area contributed by atoms with E-state index in [4.69, 9.17) is 0 Å². The average Bonchev–Trinajstić information content (AvgIpc) is 2.68. The van der Waals surface area contributed by atoms with Gasteiger partial charge < -0.3 is 21.0 Å². The zero-order valence-corrected chi connectivity index (χ0v) is 15.8. The summed E-state index contributed by atoms with van der Waals surface area (Å²) in [5.74, 6) is -0.706. The molecule has 0 spiro atoms. The highest BCUT2D eigenvalue weighted by atomic mass is 16.2. The van der Waals surface area contributed by atoms with E-state index in [0.29, 0.717) is 31.0 Å². The van der Waals surface area contributed by atoms with Gasteiger partial charge in [-0.1, -0.05) is 44.2 Å². The van der Waals surface area contributed by atoms with Crippen LogP contribution in [0.5, 0.6) is 0 Å². The molecule has 0 saturated heterocycles. The Morgan fingerprint density at radius 2 is 2.00 bits per heavy atom. The highest BCUT2D eigenvalue weighted by Crippen LogP contribution is 2.07. The van der Waals surface area contributed by atoms with E-state index < -0.39 is 6.04 Å². The maximum Gasteiger partial charge on any atom is 0.293 e. The van der Waals surface area contributed by atoms with Crippen LogP contribution >= 0.6 is 0 Å². The van der Waals surface area contributed by atoms with E-state index in [1.807, 2.05) is 44.2 Å². The third-order valence-corrected chi connectivity index (χ3v) is 4.18. The lowest BCUT2D eigenvalue weighted by Crippen LogP contribution is -2.54. The van der Waals surface area contributed by atoms with E-state index in [2.05, 4.69) is 20.9 Å². The van der Waals surface area contributed by atoms with Crippen LogP contribution in [0.15, 0.2) is 47.7 Å². The van der Waals surface area contributed by atoms with Crippen molar-refractivity contribution < 1.29 is 14.6 Å². The lowest BCUT2D eigenvalue weighted by molar-refractivity contribution is -0.126. The molecule has 4 N–H and O–H groups in total. The van der Waals surface area contributed by atoms with Crippen LogP contribution < -0.4 is 16.0 Å². The van der Waals surface area contributed by atoms with Gasteiger partial charge in [0.1, 0.15) is 11.8 Å². The van der Waals surface area contributed by atoms with Crippen molar-refractivity contribution >= 4 is 25.0 Å². The average molecular weight is 370 g/mol. The molecule has 2 atom stereocenters. The summed E-state index contributed by atoms with van der Waals surface area (Å²) in [4.78, 5) is 29.4. The summed E-state index contributed by atoms with van der Waals surface area (Å²) >= 11 is 0. The molecular formula is C19H27BN4O3. The zero-order valence-electron chi connectivity index (χ0n) is 15.8. The van der Waals surface area contributed by atoms with Crippen molar-refractivity contribution in [3.8, 4) is 0 Å². The molecule has 7 nitrogen and oxygen atoms in total. The number of nitrogens with zero attached hydrogens (tertiary/aromatic N) is 1. The minimum atomic E-state index is -0.755. The fraction of sp³-hybridized carbons (Fsp3) is 0.421. The van der Waals surface area contributed by atoms with E-state index in [-0.39, 0.29) is 25.2 Å². The van der Waals surface area contributed by atoms with Gasteiger partial charge in [0.05, 0.1) is 6.54 Å². The van der Waals surface area contributed by atoms with Gasteiger partial charge in [-0.3, -0.25) is 14.6 Å². The summed E-state index contributed by atoms with van der Waals surface area (Å²) in [7, 11) is -0.142. The molecule has 2 rings (SSSR count). The zero-order chi connectivity index (χ0) is 19.6. The van der Waals surface area contributed by atoms with Crippen LogP contribution in [-0.4, -0.2) is 48.6 Å². The molecule has 1 heterocycles. The first-order valence-electron chi connectivity index (χ1n) is 9.20. The molecule has 0 fully saturated rings.